The van der Waals surface area contributed by atoms with E-state index in [1.165, 1.54) is 17.4 Å². The molecule has 0 aliphatic carbocycles. The Morgan fingerprint density at radius 1 is 1.53 bits per heavy atom. The van der Waals surface area contributed by atoms with Gasteiger partial charge in [-0.2, -0.15) is 0 Å². The van der Waals surface area contributed by atoms with Gasteiger partial charge >= 0.3 is 12.0 Å². The predicted molar refractivity (Wildman–Crippen MR) is 54.5 cm³/mol. The van der Waals surface area contributed by atoms with Gasteiger partial charge in [-0.05, 0) is 13.0 Å². The summed E-state index contributed by atoms with van der Waals surface area (Å²) in [6.45, 7) is 2.64. The molecule has 2 heterocycles. The fraction of sp³-hybridized carbons (Fsp3) is 0.556. The van der Waals surface area contributed by atoms with E-state index in [0.29, 0.717) is 32.2 Å². The Morgan fingerprint density at radius 2 is 2.40 bits per heavy atom. The molecule has 0 saturated carbocycles. The minimum Gasteiger partial charge on any atom is -0.432 e. The smallest absolute Gasteiger partial charge is 0.328 e. The molecule has 1 saturated heterocycles. The first kappa shape index (κ1) is 9.97. The first-order valence-corrected chi connectivity index (χ1v) is 4.99. The van der Waals surface area contributed by atoms with Crippen LogP contribution in [0.4, 0.5) is 10.8 Å². The normalized spacial score (nSPS) is 16.5. The molecule has 82 valence electrons. The van der Waals surface area contributed by atoms with Gasteiger partial charge < -0.3 is 15.1 Å². The number of carbonyl (C=O) groups is 1. The number of hydrogen-bond acceptors (Lipinski definition) is 4. The fourth-order valence-corrected chi connectivity index (χ4v) is 1.60. The third kappa shape index (κ3) is 1.94. The average Bonchev–Trinajstić information content (AvgIpc) is 2.84. The third-order valence-electron chi connectivity index (χ3n) is 2.38. The minimum absolute atomic E-state index is 0.0501. The fourth-order valence-electron chi connectivity index (χ4n) is 1.60. The van der Waals surface area contributed by atoms with Crippen LogP contribution in [-0.2, 0) is 0 Å². The summed E-state index contributed by atoms with van der Waals surface area (Å²) in [5, 5.41) is 0. The van der Waals surface area contributed by atoms with Gasteiger partial charge in [-0.3, -0.25) is 0 Å². The van der Waals surface area contributed by atoms with Crippen LogP contribution in [0.3, 0.4) is 0 Å². The second kappa shape index (κ2) is 4.31. The molecule has 0 atom stereocenters. The van der Waals surface area contributed by atoms with E-state index in [1.54, 1.807) is 4.90 Å². The van der Waals surface area contributed by atoms with Crippen molar-refractivity contribution in [1.82, 2.24) is 9.88 Å². The van der Waals surface area contributed by atoms with E-state index in [1.807, 2.05) is 0 Å². The van der Waals surface area contributed by atoms with E-state index < -0.39 is 0 Å². The lowest BCUT2D eigenvalue weighted by Crippen LogP contribution is -2.33. The van der Waals surface area contributed by atoms with Crippen molar-refractivity contribution in [3.8, 4) is 0 Å². The zero-order chi connectivity index (χ0) is 10.7. The Labute approximate surface area is 87.7 Å². The van der Waals surface area contributed by atoms with E-state index in [-0.39, 0.29) is 6.03 Å². The lowest BCUT2D eigenvalue weighted by molar-refractivity contribution is 0.219. The molecule has 6 heteroatoms. The second-order valence-corrected chi connectivity index (χ2v) is 3.38. The molecular formula is C9H14N4O2. The van der Waals surface area contributed by atoms with E-state index in [4.69, 9.17) is 10.2 Å². The summed E-state index contributed by atoms with van der Waals surface area (Å²) >= 11 is 0. The summed E-state index contributed by atoms with van der Waals surface area (Å²) in [5.74, 6) is 0. The molecule has 2 amide bonds. The molecule has 15 heavy (non-hydrogen) atoms. The Kier molecular flexibility index (Phi) is 2.86. The average molecular weight is 210 g/mol. The molecule has 2 rings (SSSR count). The number of amides is 2. The van der Waals surface area contributed by atoms with Crippen LogP contribution in [-0.4, -0.2) is 42.1 Å². The zero-order valence-electron chi connectivity index (χ0n) is 8.43. The van der Waals surface area contributed by atoms with Crippen molar-refractivity contribution in [2.24, 2.45) is 5.73 Å². The highest BCUT2D eigenvalue weighted by Crippen LogP contribution is 2.17. The maximum absolute atomic E-state index is 11.8. The lowest BCUT2D eigenvalue weighted by atomic mass is 10.4. The lowest BCUT2D eigenvalue weighted by Gasteiger charge is -2.15. The van der Waals surface area contributed by atoms with Crippen LogP contribution in [0.5, 0.6) is 0 Å². The van der Waals surface area contributed by atoms with Gasteiger partial charge in [-0.15, -0.1) is 0 Å². The number of aromatic nitrogens is 1. The first-order valence-electron chi connectivity index (χ1n) is 4.99. The summed E-state index contributed by atoms with van der Waals surface area (Å²) in [6.07, 6.45) is 3.82. The molecule has 1 aromatic rings. The number of anilines is 1. The molecular weight excluding hydrogens is 196 g/mol. The van der Waals surface area contributed by atoms with Crippen molar-refractivity contribution in [2.45, 2.75) is 6.42 Å². The Hall–Kier alpha value is -1.56. The third-order valence-corrected chi connectivity index (χ3v) is 2.38. The number of urea groups is 1. The van der Waals surface area contributed by atoms with Gasteiger partial charge in [0.1, 0.15) is 6.26 Å². The van der Waals surface area contributed by atoms with Crippen LogP contribution in [0.1, 0.15) is 6.42 Å². The van der Waals surface area contributed by atoms with Crippen LogP contribution >= 0.6 is 0 Å². The van der Waals surface area contributed by atoms with Gasteiger partial charge in [0.2, 0.25) is 0 Å². The molecule has 0 unspecified atom stereocenters. The van der Waals surface area contributed by atoms with Crippen LogP contribution in [0.25, 0.3) is 0 Å². The first-order chi connectivity index (χ1) is 7.33. The van der Waals surface area contributed by atoms with Crippen LogP contribution < -0.4 is 10.6 Å². The van der Waals surface area contributed by atoms with E-state index in [2.05, 4.69) is 4.98 Å². The Bertz CT molecular complexity index is 325. The molecule has 0 spiro atoms. The number of rotatable bonds is 4. The minimum atomic E-state index is -0.0501. The number of nitrogens with two attached hydrogens (primary N) is 1. The van der Waals surface area contributed by atoms with Crippen LogP contribution in [0.2, 0.25) is 0 Å². The molecule has 0 aromatic carbocycles. The summed E-state index contributed by atoms with van der Waals surface area (Å²) < 4.78 is 5.08. The van der Waals surface area contributed by atoms with Crippen molar-refractivity contribution in [1.29, 1.82) is 0 Å². The maximum Gasteiger partial charge on any atom is 0.328 e. The van der Waals surface area contributed by atoms with Gasteiger partial charge in [0.05, 0.1) is 6.20 Å². The summed E-state index contributed by atoms with van der Waals surface area (Å²) in [7, 11) is 0. The summed E-state index contributed by atoms with van der Waals surface area (Å²) in [5.41, 5.74) is 5.40. The second-order valence-electron chi connectivity index (χ2n) is 3.38. The maximum atomic E-state index is 11.8. The zero-order valence-corrected chi connectivity index (χ0v) is 8.43. The van der Waals surface area contributed by atoms with E-state index >= 15 is 0 Å². The number of hydrogen-bond donors (Lipinski definition) is 1. The topological polar surface area (TPSA) is 75.6 Å². The van der Waals surface area contributed by atoms with E-state index in [9.17, 15) is 4.79 Å². The van der Waals surface area contributed by atoms with Crippen molar-refractivity contribution >= 4 is 12.0 Å². The largest absolute Gasteiger partial charge is 0.432 e. The number of nitrogens with zero attached hydrogens (tertiary/aromatic N) is 3. The predicted octanol–water partition coefficient (Wildman–Crippen LogP) is 0.265. The summed E-state index contributed by atoms with van der Waals surface area (Å²) in [6, 6.07) is 0.321. The van der Waals surface area contributed by atoms with Crippen molar-refractivity contribution in [3.63, 3.8) is 0 Å². The Morgan fingerprint density at radius 3 is 3.07 bits per heavy atom. The number of oxazole rings is 1. The van der Waals surface area contributed by atoms with Gasteiger partial charge in [-0.25, -0.2) is 14.7 Å². The summed E-state index contributed by atoms with van der Waals surface area (Å²) in [4.78, 5) is 19.1. The standard InChI is InChI=1S/C9H14N4O2/c10-2-1-4-12-5-6-13(9(12)14)8-11-3-7-15-8/h3,7H,1-2,4-6,10H2. The van der Waals surface area contributed by atoms with Crippen LogP contribution in [0, 0.1) is 0 Å². The van der Waals surface area contributed by atoms with Gasteiger partial charge in [-0.1, -0.05) is 0 Å². The molecule has 6 nitrogen and oxygen atoms in total. The highest BCUT2D eigenvalue weighted by molar-refractivity contribution is 5.91. The van der Waals surface area contributed by atoms with Gasteiger partial charge in [0.25, 0.3) is 0 Å². The highest BCUT2D eigenvalue weighted by atomic mass is 16.4. The molecule has 1 aliphatic heterocycles. The highest BCUT2D eigenvalue weighted by Gasteiger charge is 2.31. The molecule has 1 aliphatic rings. The molecule has 1 fully saturated rings. The Balaban J connectivity index is 1.98. The molecule has 1 aromatic heterocycles. The van der Waals surface area contributed by atoms with Crippen molar-refractivity contribution < 1.29 is 9.21 Å². The van der Waals surface area contributed by atoms with Crippen molar-refractivity contribution in [3.05, 3.63) is 12.5 Å². The van der Waals surface area contributed by atoms with Crippen molar-refractivity contribution in [2.75, 3.05) is 31.1 Å². The molecule has 0 radical (unpaired) electrons. The monoisotopic (exact) mass is 210 g/mol. The number of carbonyl (C=O) groups excluding carboxylic acids is 1. The quantitative estimate of drug-likeness (QED) is 0.773. The van der Waals surface area contributed by atoms with Crippen LogP contribution in [0.15, 0.2) is 16.9 Å². The van der Waals surface area contributed by atoms with Gasteiger partial charge in [0.15, 0.2) is 0 Å². The van der Waals surface area contributed by atoms with Gasteiger partial charge in [0, 0.05) is 19.6 Å². The SMILES string of the molecule is NCCCN1CCN(c2ncco2)C1=O. The molecule has 2 N–H and O–H groups in total. The van der Waals surface area contributed by atoms with E-state index in [0.717, 1.165) is 6.42 Å². The molecule has 0 bridgehead atoms.